The fourth-order valence-corrected chi connectivity index (χ4v) is 3.19. The minimum atomic E-state index is 0.321. The molecule has 1 fully saturated rings. The van der Waals surface area contributed by atoms with Crippen LogP contribution in [0.4, 0.5) is 0 Å². The molecular formula is C18H29NO. The van der Waals surface area contributed by atoms with E-state index in [9.17, 15) is 0 Å². The fourth-order valence-electron chi connectivity index (χ4n) is 3.19. The highest BCUT2D eigenvalue weighted by Gasteiger charge is 2.24. The second kappa shape index (κ2) is 8.43. The number of hydrogen-bond acceptors (Lipinski definition) is 2. The average Bonchev–Trinajstić information content (AvgIpc) is 2.49. The molecule has 2 heteroatoms. The lowest BCUT2D eigenvalue weighted by Gasteiger charge is -2.31. The number of ether oxygens (including phenoxy) is 1. The number of hydrogen-bond donors (Lipinski definition) is 1. The van der Waals surface area contributed by atoms with Crippen LogP contribution < -0.4 is 5.32 Å². The molecule has 112 valence electrons. The summed E-state index contributed by atoms with van der Waals surface area (Å²) in [6.45, 7) is 5.92. The molecule has 1 saturated carbocycles. The Morgan fingerprint density at radius 3 is 2.45 bits per heavy atom. The van der Waals surface area contributed by atoms with Crippen molar-refractivity contribution in [1.29, 1.82) is 0 Å². The van der Waals surface area contributed by atoms with Crippen LogP contribution in [0.1, 0.15) is 57.6 Å². The first kappa shape index (κ1) is 15.5. The zero-order chi connectivity index (χ0) is 14.2. The number of benzene rings is 1. The Balaban J connectivity index is 1.93. The van der Waals surface area contributed by atoms with Crippen molar-refractivity contribution in [3.8, 4) is 0 Å². The van der Waals surface area contributed by atoms with Gasteiger partial charge in [-0.3, -0.25) is 0 Å². The highest BCUT2D eigenvalue weighted by Crippen LogP contribution is 2.34. The van der Waals surface area contributed by atoms with E-state index in [-0.39, 0.29) is 0 Å². The first-order valence-electron chi connectivity index (χ1n) is 8.17. The maximum atomic E-state index is 5.65. The number of nitrogens with one attached hydrogen (secondary N) is 1. The van der Waals surface area contributed by atoms with E-state index < -0.39 is 0 Å². The Morgan fingerprint density at radius 2 is 1.80 bits per heavy atom. The number of rotatable bonds is 7. The van der Waals surface area contributed by atoms with Crippen LogP contribution in [0.2, 0.25) is 0 Å². The van der Waals surface area contributed by atoms with Gasteiger partial charge in [0, 0.05) is 12.6 Å². The monoisotopic (exact) mass is 275 g/mol. The van der Waals surface area contributed by atoms with Gasteiger partial charge < -0.3 is 10.1 Å². The molecule has 2 nitrogen and oxygen atoms in total. The Labute approximate surface area is 123 Å². The van der Waals surface area contributed by atoms with Crippen molar-refractivity contribution >= 4 is 0 Å². The van der Waals surface area contributed by atoms with Gasteiger partial charge in [0.15, 0.2) is 0 Å². The third-order valence-electron chi connectivity index (χ3n) is 4.20. The Kier molecular flexibility index (Phi) is 6.55. The zero-order valence-corrected chi connectivity index (χ0v) is 13.0. The normalized spacial score (nSPS) is 18.4. The van der Waals surface area contributed by atoms with Crippen LogP contribution in [0, 0.1) is 5.92 Å². The molecule has 0 radical (unpaired) electrons. The molecule has 0 bridgehead atoms. The van der Waals surface area contributed by atoms with Crippen molar-refractivity contribution in [2.45, 2.75) is 58.1 Å². The predicted molar refractivity (Wildman–Crippen MR) is 84.8 cm³/mol. The molecule has 1 unspecified atom stereocenters. The molecule has 20 heavy (non-hydrogen) atoms. The maximum Gasteiger partial charge on any atom is 0.0594 e. The van der Waals surface area contributed by atoms with E-state index >= 15 is 0 Å². The summed E-state index contributed by atoms with van der Waals surface area (Å²) in [6.07, 6.45) is 7.22. The van der Waals surface area contributed by atoms with E-state index in [1.807, 2.05) is 0 Å². The summed E-state index contributed by atoms with van der Waals surface area (Å²) in [5.74, 6) is 0.783. The van der Waals surface area contributed by atoms with Crippen LogP contribution in [-0.2, 0) is 4.74 Å². The first-order chi connectivity index (χ1) is 9.77. The molecular weight excluding hydrogens is 246 g/mol. The lowest BCUT2D eigenvalue weighted by Crippen LogP contribution is -2.32. The molecule has 0 amide bonds. The molecule has 2 rings (SSSR count). The third-order valence-corrected chi connectivity index (χ3v) is 4.20. The second-order valence-corrected chi connectivity index (χ2v) is 6.16. The van der Waals surface area contributed by atoms with E-state index in [4.69, 9.17) is 4.74 Å². The van der Waals surface area contributed by atoms with Gasteiger partial charge in [-0.15, -0.1) is 0 Å². The smallest absolute Gasteiger partial charge is 0.0594 e. The molecule has 0 spiro atoms. The Hall–Kier alpha value is -0.860. The van der Waals surface area contributed by atoms with Crippen molar-refractivity contribution < 1.29 is 4.74 Å². The van der Waals surface area contributed by atoms with E-state index in [0.717, 1.165) is 19.1 Å². The van der Waals surface area contributed by atoms with Crippen LogP contribution in [0.5, 0.6) is 0 Å². The summed E-state index contributed by atoms with van der Waals surface area (Å²) in [5, 5.41) is 3.74. The average molecular weight is 275 g/mol. The van der Waals surface area contributed by atoms with E-state index in [2.05, 4.69) is 49.5 Å². The quantitative estimate of drug-likeness (QED) is 0.748. The van der Waals surface area contributed by atoms with Gasteiger partial charge in [-0.2, -0.15) is 0 Å². The van der Waals surface area contributed by atoms with Crippen molar-refractivity contribution in [2.75, 3.05) is 13.2 Å². The molecule has 1 N–H and O–H groups in total. The summed E-state index contributed by atoms with van der Waals surface area (Å²) in [5.41, 5.74) is 1.43. The van der Waals surface area contributed by atoms with Crippen LogP contribution in [-0.4, -0.2) is 19.3 Å². The van der Waals surface area contributed by atoms with Crippen LogP contribution >= 0.6 is 0 Å². The lowest BCUT2D eigenvalue weighted by molar-refractivity contribution is 0.0772. The van der Waals surface area contributed by atoms with Gasteiger partial charge in [-0.1, -0.05) is 49.6 Å². The highest BCUT2D eigenvalue weighted by molar-refractivity contribution is 5.19. The van der Waals surface area contributed by atoms with Crippen molar-refractivity contribution in [3.63, 3.8) is 0 Å². The Morgan fingerprint density at radius 1 is 1.10 bits per heavy atom. The van der Waals surface area contributed by atoms with Gasteiger partial charge in [0.05, 0.1) is 12.7 Å². The van der Waals surface area contributed by atoms with E-state index in [0.29, 0.717) is 12.1 Å². The largest absolute Gasteiger partial charge is 0.377 e. The first-order valence-corrected chi connectivity index (χ1v) is 8.17. The molecule has 0 aliphatic heterocycles. The van der Waals surface area contributed by atoms with Crippen molar-refractivity contribution in [3.05, 3.63) is 35.9 Å². The molecule has 0 saturated heterocycles. The molecule has 1 aliphatic carbocycles. The molecule has 0 aromatic heterocycles. The van der Waals surface area contributed by atoms with E-state index in [1.54, 1.807) is 0 Å². The highest BCUT2D eigenvalue weighted by atomic mass is 16.5. The third kappa shape index (κ3) is 4.92. The summed E-state index contributed by atoms with van der Waals surface area (Å²) >= 11 is 0. The van der Waals surface area contributed by atoms with Crippen molar-refractivity contribution in [1.82, 2.24) is 5.32 Å². The van der Waals surface area contributed by atoms with Crippen molar-refractivity contribution in [2.24, 2.45) is 5.92 Å². The predicted octanol–water partition coefficient (Wildman–Crippen LogP) is 4.32. The topological polar surface area (TPSA) is 21.3 Å². The maximum absolute atomic E-state index is 5.65. The summed E-state index contributed by atoms with van der Waals surface area (Å²) in [4.78, 5) is 0. The second-order valence-electron chi connectivity index (χ2n) is 6.16. The fraction of sp³-hybridized carbons (Fsp3) is 0.667. The lowest BCUT2D eigenvalue weighted by atomic mass is 9.81. The van der Waals surface area contributed by atoms with Crippen LogP contribution in [0.3, 0.4) is 0 Å². The van der Waals surface area contributed by atoms with Crippen LogP contribution in [0.25, 0.3) is 0 Å². The van der Waals surface area contributed by atoms with Gasteiger partial charge in [0.25, 0.3) is 0 Å². The summed E-state index contributed by atoms with van der Waals surface area (Å²) in [7, 11) is 0. The van der Waals surface area contributed by atoms with Gasteiger partial charge in [0.1, 0.15) is 0 Å². The van der Waals surface area contributed by atoms with Gasteiger partial charge in [-0.05, 0) is 38.2 Å². The SMILES string of the molecule is CC(C)OCCNC(c1ccccc1)C1CCCCC1. The van der Waals surface area contributed by atoms with Crippen LogP contribution in [0.15, 0.2) is 30.3 Å². The molecule has 1 aromatic carbocycles. The standard InChI is InChI=1S/C18H29NO/c1-15(2)20-14-13-19-18(16-9-5-3-6-10-16)17-11-7-4-8-12-17/h3,5-6,9-10,15,17-19H,4,7-8,11-14H2,1-2H3. The zero-order valence-electron chi connectivity index (χ0n) is 13.0. The summed E-state index contributed by atoms with van der Waals surface area (Å²) < 4.78 is 5.65. The van der Waals surface area contributed by atoms with Gasteiger partial charge >= 0.3 is 0 Å². The molecule has 1 aliphatic rings. The Bertz CT molecular complexity index is 357. The van der Waals surface area contributed by atoms with E-state index in [1.165, 1.54) is 37.7 Å². The van der Waals surface area contributed by atoms with Gasteiger partial charge in [-0.25, -0.2) is 0 Å². The summed E-state index contributed by atoms with van der Waals surface area (Å²) in [6, 6.07) is 11.4. The minimum Gasteiger partial charge on any atom is -0.377 e. The molecule has 0 heterocycles. The molecule has 1 atom stereocenters. The van der Waals surface area contributed by atoms with Gasteiger partial charge in [0.2, 0.25) is 0 Å². The molecule has 1 aromatic rings. The minimum absolute atomic E-state index is 0.321.